The van der Waals surface area contributed by atoms with Crippen molar-refractivity contribution in [3.63, 3.8) is 0 Å². The highest BCUT2D eigenvalue weighted by molar-refractivity contribution is 7.76. The Bertz CT molecular complexity index is 1890. The number of alkyl halides is 4. The van der Waals surface area contributed by atoms with Crippen LogP contribution < -0.4 is 21.2 Å². The van der Waals surface area contributed by atoms with Crippen molar-refractivity contribution in [2.24, 2.45) is 11.3 Å². The van der Waals surface area contributed by atoms with Gasteiger partial charge in [-0.1, -0.05) is 140 Å². The second-order valence-electron chi connectivity index (χ2n) is 12.2. The highest BCUT2D eigenvalue weighted by Crippen LogP contribution is 2.67. The fourth-order valence-corrected chi connectivity index (χ4v) is 13.1. The molecule has 8 rings (SSSR count). The number of rotatable bonds is 7. The number of benzene rings is 4. The van der Waals surface area contributed by atoms with E-state index in [0.29, 0.717) is 0 Å². The van der Waals surface area contributed by atoms with Gasteiger partial charge in [0.05, 0.1) is 0 Å². The molecule has 4 aliphatic rings. The van der Waals surface area contributed by atoms with Crippen molar-refractivity contribution in [2.75, 3.05) is 0 Å². The molecule has 0 spiro atoms. The minimum Gasteiger partial charge on any atom is -0.411 e. The zero-order valence-corrected chi connectivity index (χ0v) is 27.9. The first-order chi connectivity index (χ1) is 23.6. The van der Waals surface area contributed by atoms with Crippen molar-refractivity contribution in [3.05, 3.63) is 168 Å². The van der Waals surface area contributed by atoms with E-state index >= 15 is 17.6 Å². The molecule has 0 bridgehead atoms. The van der Waals surface area contributed by atoms with Gasteiger partial charge in [-0.3, -0.25) is 4.74 Å². The molecule has 0 amide bonds. The topological polar surface area (TPSA) is 36.9 Å². The Morgan fingerprint density at radius 2 is 1.10 bits per heavy atom. The van der Waals surface area contributed by atoms with Crippen LogP contribution in [0.3, 0.4) is 0 Å². The molecule has 4 atom stereocenters. The second kappa shape index (κ2) is 12.3. The molecule has 248 valence electrons. The Balaban J connectivity index is 1.40. The number of halogens is 4. The molecule has 49 heavy (non-hydrogen) atoms. The first kappa shape index (κ1) is 32.0. The summed E-state index contributed by atoms with van der Waals surface area (Å²) in [6.07, 6.45) is -2.43. The first-order valence-corrected chi connectivity index (χ1v) is 18.5. The van der Waals surface area contributed by atoms with Gasteiger partial charge in [0.1, 0.15) is 11.9 Å². The van der Waals surface area contributed by atoms with Gasteiger partial charge in [-0.2, -0.15) is 0 Å². The summed E-state index contributed by atoms with van der Waals surface area (Å²) < 4.78 is 81.9. The number of fused-ring (bicyclic) bond motifs is 1. The van der Waals surface area contributed by atoms with Crippen LogP contribution in [0.2, 0.25) is 0 Å². The molecule has 4 aromatic carbocycles. The van der Waals surface area contributed by atoms with Crippen LogP contribution in [0.15, 0.2) is 168 Å². The highest BCUT2D eigenvalue weighted by atomic mass is 31.1. The van der Waals surface area contributed by atoms with Crippen LogP contribution in [0.1, 0.15) is 6.92 Å². The third-order valence-corrected chi connectivity index (χ3v) is 14.9. The lowest BCUT2D eigenvalue weighted by atomic mass is 9.66. The minimum atomic E-state index is -3.95. The van der Waals surface area contributed by atoms with E-state index in [2.05, 4.69) is 0 Å². The predicted octanol–water partition coefficient (Wildman–Crippen LogP) is 8.37. The molecule has 0 N–H and O–H groups in total. The molecular formula is C39H30F4O4P2. The van der Waals surface area contributed by atoms with Crippen LogP contribution in [0.25, 0.3) is 0 Å². The van der Waals surface area contributed by atoms with Gasteiger partial charge in [0.25, 0.3) is 0 Å². The van der Waals surface area contributed by atoms with Crippen molar-refractivity contribution >= 4 is 37.1 Å². The van der Waals surface area contributed by atoms with Crippen LogP contribution in [0.5, 0.6) is 0 Å². The van der Waals surface area contributed by atoms with Crippen molar-refractivity contribution in [1.82, 2.24) is 0 Å². The number of ether oxygens (including phenoxy) is 4. The number of hydrogen-bond acceptors (Lipinski definition) is 4. The molecule has 0 saturated carbocycles. The number of allylic oxidation sites excluding steroid dienone is 5. The lowest BCUT2D eigenvalue weighted by Crippen LogP contribution is -2.50. The van der Waals surface area contributed by atoms with Crippen molar-refractivity contribution in [2.45, 2.75) is 31.3 Å². The summed E-state index contributed by atoms with van der Waals surface area (Å²) >= 11 is 0. The standard InChI is InChI=1S/C39H30F4O4P2/c1-37(33(25-23-31-36(37)47-39(42,43)45-31)49(28-18-10-4-11-19-28)29-20-12-5-13-21-29)34-32(24-22-30-35(34)46-38(40,41)44-30)48(26-14-6-2-7-15-26)27-16-8-3-9-17-27/h2-25,33-35H,1H3/t33-,34+,35?,37?/m0/s1. The molecule has 2 heterocycles. The van der Waals surface area contributed by atoms with Gasteiger partial charge in [-0.25, -0.2) is 0 Å². The van der Waals surface area contributed by atoms with Gasteiger partial charge in [0, 0.05) is 17.0 Å². The van der Waals surface area contributed by atoms with E-state index in [0.717, 1.165) is 26.5 Å². The van der Waals surface area contributed by atoms with Crippen LogP contribution in [0.4, 0.5) is 17.6 Å². The zero-order chi connectivity index (χ0) is 33.8. The van der Waals surface area contributed by atoms with Gasteiger partial charge in [-0.15, -0.1) is 17.6 Å². The average Bonchev–Trinajstić information content (AvgIpc) is 3.61. The van der Waals surface area contributed by atoms with E-state index in [1.54, 1.807) is 0 Å². The summed E-state index contributed by atoms with van der Waals surface area (Å²) in [6.45, 7) is 1.83. The molecule has 4 nitrogen and oxygen atoms in total. The van der Waals surface area contributed by atoms with Crippen molar-refractivity contribution in [1.29, 1.82) is 0 Å². The Kier molecular flexibility index (Phi) is 8.02. The normalized spacial score (nSPS) is 26.3. The molecule has 2 aliphatic heterocycles. The van der Waals surface area contributed by atoms with Crippen LogP contribution in [-0.4, -0.2) is 24.4 Å². The average molecular weight is 701 g/mol. The molecule has 4 aromatic rings. The van der Waals surface area contributed by atoms with Crippen LogP contribution in [-0.2, 0) is 18.9 Å². The molecule has 1 fully saturated rings. The van der Waals surface area contributed by atoms with Crippen LogP contribution in [0, 0.1) is 11.3 Å². The largest absolute Gasteiger partial charge is 0.585 e. The smallest absolute Gasteiger partial charge is 0.411 e. The lowest BCUT2D eigenvalue weighted by molar-refractivity contribution is -0.348. The third-order valence-electron chi connectivity index (χ3n) is 9.31. The predicted molar refractivity (Wildman–Crippen MR) is 184 cm³/mol. The van der Waals surface area contributed by atoms with E-state index < -0.39 is 51.5 Å². The van der Waals surface area contributed by atoms with E-state index in [4.69, 9.17) is 18.9 Å². The molecule has 0 aromatic heterocycles. The maximum Gasteiger partial charge on any atom is 0.585 e. The molecule has 1 saturated heterocycles. The maximum atomic E-state index is 15.2. The molecule has 2 unspecified atom stereocenters. The van der Waals surface area contributed by atoms with Gasteiger partial charge in [0.2, 0.25) is 0 Å². The summed E-state index contributed by atoms with van der Waals surface area (Å²) in [6, 6.07) is 39.3. The van der Waals surface area contributed by atoms with E-state index in [1.807, 2.05) is 140 Å². The summed E-state index contributed by atoms with van der Waals surface area (Å²) in [7, 11) is -2.74. The quantitative estimate of drug-likeness (QED) is 0.144. The zero-order valence-electron chi connectivity index (χ0n) is 26.1. The molecule has 2 aliphatic carbocycles. The first-order valence-electron chi connectivity index (χ1n) is 15.8. The fraction of sp³-hybridized carbons (Fsp3) is 0.179. The molecule has 0 radical (unpaired) electrons. The Hall–Kier alpha value is -4.22. The van der Waals surface area contributed by atoms with E-state index in [-0.39, 0.29) is 17.3 Å². The summed E-state index contributed by atoms with van der Waals surface area (Å²) in [4.78, 5) is 0. The van der Waals surface area contributed by atoms with Crippen molar-refractivity contribution in [3.8, 4) is 0 Å². The highest BCUT2D eigenvalue weighted by Gasteiger charge is 2.65. The summed E-state index contributed by atoms with van der Waals surface area (Å²) in [5.74, 6) is -1.26. The van der Waals surface area contributed by atoms with E-state index in [9.17, 15) is 0 Å². The third kappa shape index (κ3) is 5.70. The lowest BCUT2D eigenvalue weighted by Gasteiger charge is -2.50. The monoisotopic (exact) mass is 700 g/mol. The summed E-state index contributed by atoms with van der Waals surface area (Å²) in [5.41, 5.74) is -1.96. The van der Waals surface area contributed by atoms with Crippen LogP contribution >= 0.6 is 15.8 Å². The Morgan fingerprint density at radius 3 is 1.63 bits per heavy atom. The fourth-order valence-electron chi connectivity index (χ4n) is 7.34. The minimum absolute atomic E-state index is 0.0686. The van der Waals surface area contributed by atoms with Gasteiger partial charge in [0.15, 0.2) is 11.5 Å². The number of hydrogen-bond donors (Lipinski definition) is 0. The maximum absolute atomic E-state index is 15.2. The second-order valence-corrected chi connectivity index (χ2v) is 16.8. The van der Waals surface area contributed by atoms with Gasteiger partial charge in [-0.05, 0) is 54.5 Å². The van der Waals surface area contributed by atoms with Gasteiger partial charge >= 0.3 is 12.6 Å². The Morgan fingerprint density at radius 1 is 0.592 bits per heavy atom. The van der Waals surface area contributed by atoms with Gasteiger partial charge < -0.3 is 14.2 Å². The SMILES string of the molecule is CC1([C@@H]2C(P(c3ccccc3)c3ccccc3)=CC=C3OC(F)(F)OC32)C2=C(C=C[C@@H]1P(c1ccccc1)c1ccccc1)OC(F)(F)O2. The van der Waals surface area contributed by atoms with E-state index in [1.165, 1.54) is 12.2 Å². The Labute approximate surface area is 283 Å². The van der Waals surface area contributed by atoms with Crippen molar-refractivity contribution < 1.29 is 36.5 Å². The molecule has 10 heteroatoms. The summed E-state index contributed by atoms with van der Waals surface area (Å²) in [5, 5.41) is 4.65. The molecular weight excluding hydrogens is 670 g/mol.